The third-order valence-electron chi connectivity index (χ3n) is 3.99. The van der Waals surface area contributed by atoms with E-state index in [4.69, 9.17) is 0 Å². The van der Waals surface area contributed by atoms with Crippen molar-refractivity contribution in [1.29, 1.82) is 5.26 Å². The number of fused-ring (bicyclic) bond motifs is 1. The van der Waals surface area contributed by atoms with Gasteiger partial charge in [-0.05, 0) is 37.0 Å². The molecule has 1 aromatic heterocycles. The molecule has 0 radical (unpaired) electrons. The lowest BCUT2D eigenvalue weighted by Gasteiger charge is -2.21. The van der Waals surface area contributed by atoms with E-state index in [2.05, 4.69) is 28.9 Å². The average molecular weight is 267 g/mol. The summed E-state index contributed by atoms with van der Waals surface area (Å²) in [5, 5.41) is 10.3. The number of aromatic nitrogens is 1. The molecule has 0 amide bonds. The fourth-order valence-corrected chi connectivity index (χ4v) is 2.92. The molecule has 1 aromatic carbocycles. The van der Waals surface area contributed by atoms with Gasteiger partial charge in [0, 0.05) is 18.5 Å². The van der Waals surface area contributed by atoms with Crippen LogP contribution in [-0.4, -0.2) is 18.1 Å². The highest BCUT2D eigenvalue weighted by Crippen LogP contribution is 2.30. The van der Waals surface area contributed by atoms with Gasteiger partial charge in [-0.15, -0.1) is 0 Å². The molecule has 102 valence electrons. The van der Waals surface area contributed by atoms with Gasteiger partial charge < -0.3 is 9.88 Å². The van der Waals surface area contributed by atoms with Gasteiger partial charge in [0.05, 0.1) is 11.2 Å². The molecule has 4 nitrogen and oxygen atoms in total. The molecule has 1 aliphatic rings. The van der Waals surface area contributed by atoms with E-state index in [1.807, 2.05) is 12.1 Å². The van der Waals surface area contributed by atoms with Crippen LogP contribution in [0.1, 0.15) is 30.9 Å². The highest BCUT2D eigenvalue weighted by molar-refractivity contribution is 5.95. The number of pyridine rings is 1. The quantitative estimate of drug-likeness (QED) is 0.909. The maximum Gasteiger partial charge on any atom is 0.268 e. The highest BCUT2D eigenvalue weighted by Gasteiger charge is 2.21. The van der Waals surface area contributed by atoms with Crippen LogP contribution in [0.5, 0.6) is 0 Å². The van der Waals surface area contributed by atoms with Gasteiger partial charge in [0.2, 0.25) is 0 Å². The van der Waals surface area contributed by atoms with Crippen LogP contribution < -0.4 is 10.5 Å². The molecule has 2 aromatic rings. The van der Waals surface area contributed by atoms with E-state index in [-0.39, 0.29) is 11.1 Å². The molecule has 1 N–H and O–H groups in total. The Balaban J connectivity index is 2.36. The van der Waals surface area contributed by atoms with Crippen molar-refractivity contribution in [2.24, 2.45) is 0 Å². The number of rotatable bonds is 2. The van der Waals surface area contributed by atoms with Crippen molar-refractivity contribution in [2.75, 3.05) is 18.0 Å². The molecular weight excluding hydrogens is 250 g/mol. The summed E-state index contributed by atoms with van der Waals surface area (Å²) in [5.74, 6) is 0. The van der Waals surface area contributed by atoms with Crippen LogP contribution in [0, 0.1) is 11.3 Å². The van der Waals surface area contributed by atoms with E-state index in [0.29, 0.717) is 0 Å². The Morgan fingerprint density at radius 3 is 2.75 bits per heavy atom. The maximum absolute atomic E-state index is 12.1. The van der Waals surface area contributed by atoms with Gasteiger partial charge in [0.25, 0.3) is 5.56 Å². The monoisotopic (exact) mass is 267 g/mol. The summed E-state index contributed by atoms with van der Waals surface area (Å²) in [5.41, 5.74) is 2.81. The molecule has 0 bridgehead atoms. The summed E-state index contributed by atoms with van der Waals surface area (Å²) in [6.45, 7) is 3.95. The van der Waals surface area contributed by atoms with Gasteiger partial charge in [0.15, 0.2) is 0 Å². The Bertz CT molecular complexity index is 749. The van der Waals surface area contributed by atoms with Crippen LogP contribution in [0.15, 0.2) is 23.0 Å². The molecule has 0 saturated carbocycles. The third-order valence-corrected chi connectivity index (χ3v) is 3.99. The van der Waals surface area contributed by atoms with Gasteiger partial charge in [-0.3, -0.25) is 4.79 Å². The minimum Gasteiger partial charge on any atom is -0.370 e. The molecule has 0 atom stereocenters. The van der Waals surface area contributed by atoms with Crippen LogP contribution in [0.3, 0.4) is 0 Å². The molecule has 1 aliphatic heterocycles. The molecule has 0 spiro atoms. The second-order valence-electron chi connectivity index (χ2n) is 5.22. The lowest BCUT2D eigenvalue weighted by atomic mass is 10.0. The largest absolute Gasteiger partial charge is 0.370 e. The van der Waals surface area contributed by atoms with E-state index in [9.17, 15) is 10.1 Å². The fraction of sp³-hybridized carbons (Fsp3) is 0.375. The summed E-state index contributed by atoms with van der Waals surface area (Å²) in [4.78, 5) is 17.1. The van der Waals surface area contributed by atoms with Crippen molar-refractivity contribution in [1.82, 2.24) is 4.98 Å². The van der Waals surface area contributed by atoms with Gasteiger partial charge in [-0.25, -0.2) is 0 Å². The number of nitriles is 1. The number of aromatic amines is 1. The third kappa shape index (κ3) is 1.96. The first kappa shape index (κ1) is 12.7. The maximum atomic E-state index is 12.1. The molecule has 0 unspecified atom stereocenters. The minimum absolute atomic E-state index is 0.243. The lowest BCUT2D eigenvalue weighted by Crippen LogP contribution is -2.24. The topological polar surface area (TPSA) is 59.9 Å². The second-order valence-corrected chi connectivity index (χ2v) is 5.22. The molecular formula is C16H17N3O. The Hall–Kier alpha value is -2.28. The van der Waals surface area contributed by atoms with Gasteiger partial charge in [-0.2, -0.15) is 5.26 Å². The SMILES string of the molecule is CCc1ccc2[nH]c(=O)c(C#N)c(N3CCCC3)c2c1. The Labute approximate surface area is 117 Å². The normalized spacial score (nSPS) is 14.7. The van der Waals surface area contributed by atoms with Gasteiger partial charge in [0.1, 0.15) is 11.6 Å². The molecule has 3 rings (SSSR count). The standard InChI is InChI=1S/C16H17N3O/c1-2-11-5-6-14-12(9-11)15(19-7-3-4-8-19)13(10-17)16(20)18-14/h5-6,9H,2-4,7-8H2,1H3,(H,18,20). The van der Waals surface area contributed by atoms with Gasteiger partial charge in [-0.1, -0.05) is 13.0 Å². The van der Waals surface area contributed by atoms with E-state index in [0.717, 1.165) is 48.9 Å². The Kier molecular flexibility index (Phi) is 3.19. The Morgan fingerprint density at radius 1 is 1.35 bits per heavy atom. The first-order valence-corrected chi connectivity index (χ1v) is 7.08. The highest BCUT2D eigenvalue weighted by atomic mass is 16.1. The first-order valence-electron chi connectivity index (χ1n) is 7.08. The number of benzene rings is 1. The minimum atomic E-state index is -0.286. The van der Waals surface area contributed by atoms with Crippen LogP contribution in [-0.2, 0) is 6.42 Å². The summed E-state index contributed by atoms with van der Waals surface area (Å²) in [6, 6.07) is 8.15. The van der Waals surface area contributed by atoms with Crippen LogP contribution >= 0.6 is 0 Å². The fourth-order valence-electron chi connectivity index (χ4n) is 2.92. The Morgan fingerprint density at radius 2 is 2.10 bits per heavy atom. The van der Waals surface area contributed by atoms with Crippen molar-refractivity contribution in [3.8, 4) is 6.07 Å². The molecule has 1 fully saturated rings. The van der Waals surface area contributed by atoms with Crippen molar-refractivity contribution in [2.45, 2.75) is 26.2 Å². The summed E-state index contributed by atoms with van der Waals surface area (Å²) in [7, 11) is 0. The number of anilines is 1. The number of nitrogens with one attached hydrogen (secondary N) is 1. The lowest BCUT2D eigenvalue weighted by molar-refractivity contribution is 0.949. The van der Waals surface area contributed by atoms with E-state index >= 15 is 0 Å². The number of hydrogen-bond donors (Lipinski definition) is 1. The molecule has 4 heteroatoms. The molecule has 20 heavy (non-hydrogen) atoms. The zero-order chi connectivity index (χ0) is 14.1. The van der Waals surface area contributed by atoms with E-state index in [1.54, 1.807) is 0 Å². The summed E-state index contributed by atoms with van der Waals surface area (Å²) < 4.78 is 0. The van der Waals surface area contributed by atoms with Crippen molar-refractivity contribution in [3.63, 3.8) is 0 Å². The van der Waals surface area contributed by atoms with Crippen molar-refractivity contribution < 1.29 is 0 Å². The number of H-pyrrole nitrogens is 1. The molecule has 1 saturated heterocycles. The van der Waals surface area contributed by atoms with Crippen LogP contribution in [0.2, 0.25) is 0 Å². The van der Waals surface area contributed by atoms with E-state index < -0.39 is 0 Å². The average Bonchev–Trinajstić information content (AvgIpc) is 2.99. The van der Waals surface area contributed by atoms with Crippen molar-refractivity contribution >= 4 is 16.6 Å². The predicted molar refractivity (Wildman–Crippen MR) is 80.1 cm³/mol. The zero-order valence-electron chi connectivity index (χ0n) is 11.6. The van der Waals surface area contributed by atoms with E-state index in [1.165, 1.54) is 5.56 Å². The number of aryl methyl sites for hydroxylation is 1. The molecule has 0 aliphatic carbocycles. The summed E-state index contributed by atoms with van der Waals surface area (Å²) in [6.07, 6.45) is 3.18. The predicted octanol–water partition coefficient (Wildman–Crippen LogP) is 2.56. The second kappa shape index (κ2) is 5.01. The molecule has 2 heterocycles. The zero-order valence-corrected chi connectivity index (χ0v) is 11.6. The van der Waals surface area contributed by atoms with Crippen molar-refractivity contribution in [3.05, 3.63) is 39.7 Å². The first-order chi connectivity index (χ1) is 9.74. The van der Waals surface area contributed by atoms with Crippen LogP contribution in [0.4, 0.5) is 5.69 Å². The van der Waals surface area contributed by atoms with Crippen LogP contribution in [0.25, 0.3) is 10.9 Å². The number of hydrogen-bond acceptors (Lipinski definition) is 3. The smallest absolute Gasteiger partial charge is 0.268 e. The van der Waals surface area contributed by atoms with Gasteiger partial charge >= 0.3 is 0 Å². The summed E-state index contributed by atoms with van der Waals surface area (Å²) >= 11 is 0. The number of nitrogens with zero attached hydrogens (tertiary/aromatic N) is 2.